The number of carbonyl (C=O) groups excluding carboxylic acids is 1. The number of nitrogens with zero attached hydrogens (tertiary/aromatic N) is 1. The quantitative estimate of drug-likeness (QED) is 0.699. The summed E-state index contributed by atoms with van der Waals surface area (Å²) in [6, 6.07) is 5.94. The number of amides is 1. The van der Waals surface area contributed by atoms with Crippen LogP contribution in [0, 0.1) is 0 Å². The van der Waals surface area contributed by atoms with E-state index in [1.165, 1.54) is 25.7 Å². The Hall–Kier alpha value is -1.22. The van der Waals surface area contributed by atoms with Crippen LogP contribution in [0.5, 0.6) is 0 Å². The van der Waals surface area contributed by atoms with E-state index in [9.17, 15) is 4.79 Å². The van der Waals surface area contributed by atoms with Gasteiger partial charge in [0.25, 0.3) is 5.91 Å². The second kappa shape index (κ2) is 8.93. The highest BCUT2D eigenvalue weighted by atomic mass is 35.5. The van der Waals surface area contributed by atoms with Gasteiger partial charge >= 0.3 is 0 Å². The predicted molar refractivity (Wildman–Crippen MR) is 91.3 cm³/mol. The molecule has 1 N–H and O–H groups in total. The lowest BCUT2D eigenvalue weighted by Crippen LogP contribution is -2.22. The predicted octanol–water partition coefficient (Wildman–Crippen LogP) is 4.81. The molecule has 1 amide bonds. The summed E-state index contributed by atoms with van der Waals surface area (Å²) in [7, 11) is 3.46. The maximum atomic E-state index is 12.1. The highest BCUT2D eigenvalue weighted by Gasteiger charge is 2.13. The van der Waals surface area contributed by atoms with Gasteiger partial charge in [-0.05, 0) is 31.5 Å². The molecule has 0 bridgehead atoms. The van der Waals surface area contributed by atoms with E-state index in [2.05, 4.69) is 19.2 Å². The van der Waals surface area contributed by atoms with Gasteiger partial charge in [-0.3, -0.25) is 4.79 Å². The average Bonchev–Trinajstić information content (AvgIpc) is 2.45. The van der Waals surface area contributed by atoms with Crippen LogP contribution in [0.2, 0.25) is 5.02 Å². The Kier molecular flexibility index (Phi) is 7.58. The highest BCUT2D eigenvalue weighted by Crippen LogP contribution is 2.22. The summed E-state index contributed by atoms with van der Waals surface area (Å²) in [5.41, 5.74) is 1.50. The molecule has 0 fully saturated rings. The number of benzene rings is 1. The van der Waals surface area contributed by atoms with E-state index >= 15 is 0 Å². The van der Waals surface area contributed by atoms with Crippen molar-refractivity contribution in [3.63, 3.8) is 0 Å². The van der Waals surface area contributed by atoms with Crippen LogP contribution in [0.3, 0.4) is 0 Å². The Bertz CT molecular complexity index is 460. The summed E-state index contributed by atoms with van der Waals surface area (Å²) < 4.78 is 0. The second-order valence-electron chi connectivity index (χ2n) is 5.79. The topological polar surface area (TPSA) is 32.3 Å². The Labute approximate surface area is 133 Å². The highest BCUT2D eigenvalue weighted by molar-refractivity contribution is 6.34. The number of anilines is 1. The molecule has 0 aliphatic heterocycles. The van der Waals surface area contributed by atoms with Gasteiger partial charge in [-0.15, -0.1) is 0 Å². The Morgan fingerprint density at radius 3 is 2.62 bits per heavy atom. The molecule has 1 aromatic rings. The zero-order chi connectivity index (χ0) is 15.8. The van der Waals surface area contributed by atoms with Gasteiger partial charge in [0.2, 0.25) is 0 Å². The normalized spacial score (nSPS) is 12.0. The number of halogens is 1. The molecule has 0 saturated carbocycles. The van der Waals surface area contributed by atoms with E-state index < -0.39 is 0 Å². The first-order chi connectivity index (χ1) is 9.95. The van der Waals surface area contributed by atoms with Gasteiger partial charge in [0.15, 0.2) is 0 Å². The second-order valence-corrected chi connectivity index (χ2v) is 6.20. The number of nitrogens with one attached hydrogen (secondary N) is 1. The van der Waals surface area contributed by atoms with Crippen molar-refractivity contribution in [2.45, 2.75) is 52.0 Å². The van der Waals surface area contributed by atoms with Gasteiger partial charge in [-0.2, -0.15) is 0 Å². The smallest absolute Gasteiger partial charge is 0.254 e. The number of hydrogen-bond donors (Lipinski definition) is 1. The van der Waals surface area contributed by atoms with Crippen LogP contribution in [0.25, 0.3) is 0 Å². The van der Waals surface area contributed by atoms with Gasteiger partial charge in [0.1, 0.15) is 0 Å². The van der Waals surface area contributed by atoms with E-state index in [1.54, 1.807) is 25.1 Å². The summed E-state index contributed by atoms with van der Waals surface area (Å²) in [5, 5.41) is 3.95. The van der Waals surface area contributed by atoms with Gasteiger partial charge < -0.3 is 10.2 Å². The summed E-state index contributed by atoms with van der Waals surface area (Å²) in [4.78, 5) is 13.6. The molecule has 0 spiro atoms. The maximum Gasteiger partial charge on any atom is 0.254 e. The van der Waals surface area contributed by atoms with Crippen molar-refractivity contribution >= 4 is 23.2 Å². The molecule has 1 aromatic carbocycles. The Morgan fingerprint density at radius 2 is 2.00 bits per heavy atom. The molecule has 1 rings (SSSR count). The molecule has 4 heteroatoms. The third kappa shape index (κ3) is 5.96. The van der Waals surface area contributed by atoms with Crippen molar-refractivity contribution in [1.82, 2.24) is 4.90 Å². The number of rotatable bonds is 8. The molecule has 0 aliphatic carbocycles. The number of unbranched alkanes of at least 4 members (excludes halogenated alkanes) is 3. The number of carbonyl (C=O) groups is 1. The maximum absolute atomic E-state index is 12.1. The molecule has 1 atom stereocenters. The lowest BCUT2D eigenvalue weighted by atomic mass is 10.1. The van der Waals surface area contributed by atoms with Crippen LogP contribution in [-0.4, -0.2) is 30.9 Å². The summed E-state index contributed by atoms with van der Waals surface area (Å²) in [6.07, 6.45) is 6.22. The van der Waals surface area contributed by atoms with Crippen molar-refractivity contribution in [1.29, 1.82) is 0 Å². The minimum absolute atomic E-state index is 0.0701. The van der Waals surface area contributed by atoms with Crippen LogP contribution in [0.4, 0.5) is 5.69 Å². The average molecular weight is 311 g/mol. The first-order valence-electron chi connectivity index (χ1n) is 7.73. The van der Waals surface area contributed by atoms with Crippen LogP contribution in [0.1, 0.15) is 56.3 Å². The van der Waals surface area contributed by atoms with E-state index in [0.717, 1.165) is 12.1 Å². The van der Waals surface area contributed by atoms with E-state index in [4.69, 9.17) is 11.6 Å². The molecule has 118 valence electrons. The molecule has 0 saturated heterocycles. The standard InChI is InChI=1S/C17H27ClN2O/c1-5-6-7-8-9-13(2)19-14-10-11-16(18)15(12-14)17(21)20(3)4/h10-13,19H,5-9H2,1-4H3. The van der Waals surface area contributed by atoms with Crippen molar-refractivity contribution < 1.29 is 4.79 Å². The fraction of sp³-hybridized carbons (Fsp3) is 0.588. The lowest BCUT2D eigenvalue weighted by Gasteiger charge is -2.17. The SMILES string of the molecule is CCCCCCC(C)Nc1ccc(Cl)c(C(=O)N(C)C)c1. The molecule has 1 unspecified atom stereocenters. The molecular weight excluding hydrogens is 284 g/mol. The Balaban J connectivity index is 2.63. The van der Waals surface area contributed by atoms with Crippen molar-refractivity contribution in [3.05, 3.63) is 28.8 Å². The monoisotopic (exact) mass is 310 g/mol. The molecular formula is C17H27ClN2O. The minimum Gasteiger partial charge on any atom is -0.383 e. The fourth-order valence-corrected chi connectivity index (χ4v) is 2.45. The molecule has 0 aliphatic rings. The molecule has 21 heavy (non-hydrogen) atoms. The number of hydrogen-bond acceptors (Lipinski definition) is 2. The van der Waals surface area contributed by atoms with E-state index in [-0.39, 0.29) is 5.91 Å². The third-order valence-corrected chi connectivity index (χ3v) is 3.84. The lowest BCUT2D eigenvalue weighted by molar-refractivity contribution is 0.0828. The van der Waals surface area contributed by atoms with Gasteiger partial charge in [-0.25, -0.2) is 0 Å². The molecule has 0 heterocycles. The summed E-state index contributed by atoms with van der Waals surface area (Å²) in [5.74, 6) is -0.0701. The van der Waals surface area contributed by atoms with Crippen LogP contribution in [-0.2, 0) is 0 Å². The van der Waals surface area contributed by atoms with Crippen molar-refractivity contribution in [2.75, 3.05) is 19.4 Å². The first kappa shape index (κ1) is 17.8. The molecule has 0 aromatic heterocycles. The zero-order valence-electron chi connectivity index (χ0n) is 13.6. The Morgan fingerprint density at radius 1 is 1.29 bits per heavy atom. The van der Waals surface area contributed by atoms with Gasteiger partial charge in [-0.1, -0.05) is 44.2 Å². The van der Waals surface area contributed by atoms with E-state index in [1.807, 2.05) is 12.1 Å². The molecule has 3 nitrogen and oxygen atoms in total. The first-order valence-corrected chi connectivity index (χ1v) is 8.11. The fourth-order valence-electron chi connectivity index (χ4n) is 2.25. The van der Waals surface area contributed by atoms with Crippen molar-refractivity contribution in [2.24, 2.45) is 0 Å². The van der Waals surface area contributed by atoms with E-state index in [0.29, 0.717) is 16.6 Å². The molecule has 0 radical (unpaired) electrons. The van der Waals surface area contributed by atoms with Crippen LogP contribution < -0.4 is 5.32 Å². The van der Waals surface area contributed by atoms with Crippen molar-refractivity contribution in [3.8, 4) is 0 Å². The van der Waals surface area contributed by atoms with Crippen LogP contribution in [0.15, 0.2) is 18.2 Å². The van der Waals surface area contributed by atoms with Crippen LogP contribution >= 0.6 is 11.6 Å². The zero-order valence-corrected chi connectivity index (χ0v) is 14.3. The minimum atomic E-state index is -0.0701. The third-order valence-electron chi connectivity index (χ3n) is 3.51. The summed E-state index contributed by atoms with van der Waals surface area (Å²) in [6.45, 7) is 4.40. The largest absolute Gasteiger partial charge is 0.383 e. The van der Waals surface area contributed by atoms with Gasteiger partial charge in [0, 0.05) is 25.8 Å². The van der Waals surface area contributed by atoms with Gasteiger partial charge in [0.05, 0.1) is 10.6 Å². The summed E-state index contributed by atoms with van der Waals surface area (Å²) >= 11 is 6.11.